The molecule has 1 atom stereocenters. The minimum Gasteiger partial charge on any atom is -0.322 e. The number of hydrogen-bond donors (Lipinski definition) is 1. The molecule has 0 bridgehead atoms. The Morgan fingerprint density at radius 3 is 2.61 bits per heavy atom. The second kappa shape index (κ2) is 5.44. The number of rotatable bonds is 3. The third kappa shape index (κ3) is 2.85. The van der Waals surface area contributed by atoms with Crippen molar-refractivity contribution in [2.75, 3.05) is 5.32 Å². The minimum absolute atomic E-state index is 0.0364. The number of nitriles is 1. The summed E-state index contributed by atoms with van der Waals surface area (Å²) >= 11 is 2.90. The summed E-state index contributed by atoms with van der Waals surface area (Å²) in [6.07, 6.45) is 0.291. The molecule has 0 saturated heterocycles. The van der Waals surface area contributed by atoms with Gasteiger partial charge in [-0.25, -0.2) is 8.78 Å². The maximum atomic E-state index is 13.4. The van der Waals surface area contributed by atoms with Crippen LogP contribution in [0, 0.1) is 28.4 Å². The fourth-order valence-corrected chi connectivity index (χ4v) is 1.51. The Labute approximate surface area is 112 Å². The Kier molecular flexibility index (Phi) is 4.41. The number of carbonyl (C=O) groups excluding carboxylic acids is 1. The lowest BCUT2D eigenvalue weighted by molar-refractivity contribution is -0.122. The van der Waals surface area contributed by atoms with Gasteiger partial charge in [-0.3, -0.25) is 4.79 Å². The highest BCUT2D eigenvalue weighted by Gasteiger charge is 2.31. The molecule has 0 heterocycles. The standard InChI is InChI=1S/C12H11BrF2N2O/c1-3-12(2,6-16)11(18)17-10-4-7(13)8(14)5-9(10)15/h4-5H,3H2,1-2H3,(H,17,18). The largest absolute Gasteiger partial charge is 0.322 e. The summed E-state index contributed by atoms with van der Waals surface area (Å²) in [6, 6.07) is 3.66. The highest BCUT2D eigenvalue weighted by Crippen LogP contribution is 2.27. The molecule has 0 aliphatic heterocycles. The summed E-state index contributed by atoms with van der Waals surface area (Å²) in [6.45, 7) is 3.14. The van der Waals surface area contributed by atoms with E-state index < -0.39 is 23.0 Å². The summed E-state index contributed by atoms with van der Waals surface area (Å²) in [5.41, 5.74) is -1.41. The summed E-state index contributed by atoms with van der Waals surface area (Å²) in [4.78, 5) is 11.8. The monoisotopic (exact) mass is 316 g/mol. The topological polar surface area (TPSA) is 52.9 Å². The van der Waals surface area contributed by atoms with Crippen LogP contribution >= 0.6 is 15.9 Å². The van der Waals surface area contributed by atoms with E-state index in [1.165, 1.54) is 6.92 Å². The first-order chi connectivity index (χ1) is 8.34. The van der Waals surface area contributed by atoms with Gasteiger partial charge in [0, 0.05) is 6.07 Å². The highest BCUT2D eigenvalue weighted by molar-refractivity contribution is 9.10. The molecule has 0 aliphatic rings. The Bertz CT molecular complexity index is 528. The van der Waals surface area contributed by atoms with Gasteiger partial charge >= 0.3 is 0 Å². The van der Waals surface area contributed by atoms with Gasteiger partial charge in [0.25, 0.3) is 0 Å². The molecule has 3 nitrogen and oxygen atoms in total. The summed E-state index contributed by atoms with van der Waals surface area (Å²) in [5, 5.41) is 11.2. The van der Waals surface area contributed by atoms with Gasteiger partial charge in [-0.05, 0) is 35.3 Å². The number of halogens is 3. The molecule has 1 aromatic carbocycles. The van der Waals surface area contributed by atoms with Gasteiger partial charge in [0.2, 0.25) is 5.91 Å². The predicted molar refractivity (Wildman–Crippen MR) is 66.7 cm³/mol. The van der Waals surface area contributed by atoms with Crippen molar-refractivity contribution in [3.05, 3.63) is 28.2 Å². The third-order valence-corrected chi connectivity index (χ3v) is 3.32. The van der Waals surface area contributed by atoms with Gasteiger partial charge in [0.1, 0.15) is 17.0 Å². The van der Waals surface area contributed by atoms with Crippen molar-refractivity contribution in [3.8, 4) is 6.07 Å². The van der Waals surface area contributed by atoms with Gasteiger partial charge in [-0.2, -0.15) is 5.26 Å². The van der Waals surface area contributed by atoms with Gasteiger partial charge < -0.3 is 5.32 Å². The molecule has 0 aliphatic carbocycles. The fourth-order valence-electron chi connectivity index (χ4n) is 1.17. The highest BCUT2D eigenvalue weighted by atomic mass is 79.9. The Balaban J connectivity index is 3.03. The van der Waals surface area contributed by atoms with E-state index in [0.29, 0.717) is 12.5 Å². The summed E-state index contributed by atoms with van der Waals surface area (Å²) < 4.78 is 26.5. The molecule has 0 fully saturated rings. The Hall–Kier alpha value is -1.48. The van der Waals surface area contributed by atoms with Crippen molar-refractivity contribution in [2.24, 2.45) is 5.41 Å². The molecule has 1 aromatic rings. The number of hydrogen-bond acceptors (Lipinski definition) is 2. The van der Waals surface area contributed by atoms with Crippen LogP contribution in [0.1, 0.15) is 20.3 Å². The van der Waals surface area contributed by atoms with Crippen molar-refractivity contribution >= 4 is 27.5 Å². The van der Waals surface area contributed by atoms with Crippen LogP contribution in [0.25, 0.3) is 0 Å². The molecular weight excluding hydrogens is 306 g/mol. The van der Waals surface area contributed by atoms with E-state index in [1.54, 1.807) is 6.92 Å². The van der Waals surface area contributed by atoms with Crippen LogP contribution in [0.2, 0.25) is 0 Å². The zero-order chi connectivity index (χ0) is 13.9. The number of amides is 1. The van der Waals surface area contributed by atoms with E-state index >= 15 is 0 Å². The zero-order valence-corrected chi connectivity index (χ0v) is 11.4. The first-order valence-corrected chi connectivity index (χ1v) is 6.00. The number of benzene rings is 1. The van der Waals surface area contributed by atoms with Crippen LogP contribution in [-0.4, -0.2) is 5.91 Å². The van der Waals surface area contributed by atoms with Crippen molar-refractivity contribution in [1.29, 1.82) is 5.26 Å². The lowest BCUT2D eigenvalue weighted by atomic mass is 9.88. The smallest absolute Gasteiger partial charge is 0.244 e. The van der Waals surface area contributed by atoms with Crippen LogP contribution in [0.3, 0.4) is 0 Å². The molecule has 0 aromatic heterocycles. The van der Waals surface area contributed by atoms with E-state index in [2.05, 4.69) is 21.2 Å². The van der Waals surface area contributed by atoms with Crippen LogP contribution in [0.4, 0.5) is 14.5 Å². The van der Waals surface area contributed by atoms with E-state index in [1.807, 2.05) is 6.07 Å². The first-order valence-electron chi connectivity index (χ1n) is 5.21. The molecule has 1 amide bonds. The van der Waals surface area contributed by atoms with Crippen molar-refractivity contribution < 1.29 is 13.6 Å². The molecule has 0 saturated carbocycles. The normalized spacial score (nSPS) is 13.6. The number of nitrogens with zero attached hydrogens (tertiary/aromatic N) is 1. The molecule has 1 N–H and O–H groups in total. The van der Waals surface area contributed by atoms with Gasteiger partial charge in [-0.15, -0.1) is 0 Å². The van der Waals surface area contributed by atoms with Crippen LogP contribution in [0.5, 0.6) is 0 Å². The van der Waals surface area contributed by atoms with Crippen LogP contribution < -0.4 is 5.32 Å². The maximum absolute atomic E-state index is 13.4. The van der Waals surface area contributed by atoms with Crippen LogP contribution in [0.15, 0.2) is 16.6 Å². The van der Waals surface area contributed by atoms with E-state index in [9.17, 15) is 13.6 Å². The predicted octanol–water partition coefficient (Wildman–Crippen LogP) is 3.61. The molecule has 0 radical (unpaired) electrons. The van der Waals surface area contributed by atoms with Crippen molar-refractivity contribution in [2.45, 2.75) is 20.3 Å². The Morgan fingerprint density at radius 1 is 1.50 bits per heavy atom. The molecule has 1 unspecified atom stereocenters. The van der Waals surface area contributed by atoms with Gasteiger partial charge in [0.15, 0.2) is 0 Å². The molecule has 18 heavy (non-hydrogen) atoms. The molecule has 0 spiro atoms. The fraction of sp³-hybridized carbons (Fsp3) is 0.333. The average Bonchev–Trinajstić information content (AvgIpc) is 2.34. The van der Waals surface area contributed by atoms with Crippen molar-refractivity contribution in [1.82, 2.24) is 0 Å². The minimum atomic E-state index is -1.24. The maximum Gasteiger partial charge on any atom is 0.244 e. The Morgan fingerprint density at radius 2 is 2.11 bits per heavy atom. The van der Waals surface area contributed by atoms with Crippen molar-refractivity contribution in [3.63, 3.8) is 0 Å². The van der Waals surface area contributed by atoms with E-state index in [0.717, 1.165) is 6.07 Å². The molecular formula is C12H11BrF2N2O. The van der Waals surface area contributed by atoms with E-state index in [4.69, 9.17) is 5.26 Å². The number of nitrogens with one attached hydrogen (secondary N) is 1. The molecule has 96 valence electrons. The van der Waals surface area contributed by atoms with Crippen LogP contribution in [-0.2, 0) is 4.79 Å². The van der Waals surface area contributed by atoms with Gasteiger partial charge in [-0.1, -0.05) is 6.92 Å². The third-order valence-electron chi connectivity index (χ3n) is 2.71. The van der Waals surface area contributed by atoms with E-state index in [-0.39, 0.29) is 10.2 Å². The van der Waals surface area contributed by atoms with Gasteiger partial charge in [0.05, 0.1) is 16.2 Å². The summed E-state index contributed by atoms with van der Waals surface area (Å²) in [5.74, 6) is -2.27. The molecule has 1 rings (SSSR count). The lowest BCUT2D eigenvalue weighted by Gasteiger charge is -2.18. The SMILES string of the molecule is CCC(C)(C#N)C(=O)Nc1cc(Br)c(F)cc1F. The zero-order valence-electron chi connectivity index (χ0n) is 9.85. The average molecular weight is 317 g/mol. The number of carbonyl (C=O) groups is 1. The second-order valence-electron chi connectivity index (χ2n) is 4.00. The quantitative estimate of drug-likeness (QED) is 0.866. The number of anilines is 1. The molecule has 6 heteroatoms. The lowest BCUT2D eigenvalue weighted by Crippen LogP contribution is -2.31. The summed E-state index contributed by atoms with van der Waals surface area (Å²) in [7, 11) is 0. The first kappa shape index (κ1) is 14.6. The second-order valence-corrected chi connectivity index (χ2v) is 4.85.